The van der Waals surface area contributed by atoms with Gasteiger partial charge in [-0.1, -0.05) is 43.2 Å². The minimum atomic E-state index is 0.0535. The zero-order chi connectivity index (χ0) is 22.5. The highest BCUT2D eigenvalue weighted by Gasteiger charge is 2.28. The van der Waals surface area contributed by atoms with Crippen LogP contribution in [0.15, 0.2) is 30.3 Å². The first kappa shape index (κ1) is 22.5. The Morgan fingerprint density at radius 3 is 2.16 bits per heavy atom. The lowest BCUT2D eigenvalue weighted by atomic mass is 10.1. The summed E-state index contributed by atoms with van der Waals surface area (Å²) >= 11 is 0. The smallest absolute Gasteiger partial charge is 0.257 e. The molecule has 32 heavy (non-hydrogen) atoms. The molecule has 1 aromatic carbocycles. The molecule has 3 heterocycles. The third-order valence-electron chi connectivity index (χ3n) is 6.75. The van der Waals surface area contributed by atoms with Crippen LogP contribution < -0.4 is 0 Å². The van der Waals surface area contributed by atoms with Gasteiger partial charge >= 0.3 is 0 Å². The highest BCUT2D eigenvalue weighted by molar-refractivity contribution is 5.96. The molecule has 0 radical (unpaired) electrons. The number of nitrogens with zero attached hydrogens (tertiary/aromatic N) is 5. The lowest BCUT2D eigenvalue weighted by molar-refractivity contribution is -0.132. The van der Waals surface area contributed by atoms with Crippen LogP contribution in [0.1, 0.15) is 53.0 Å². The van der Waals surface area contributed by atoms with Crippen molar-refractivity contribution in [2.45, 2.75) is 46.1 Å². The molecule has 1 aromatic heterocycles. The molecular weight excluding hydrogens is 402 g/mol. The van der Waals surface area contributed by atoms with Gasteiger partial charge in [0.25, 0.3) is 5.91 Å². The molecule has 2 amide bonds. The summed E-state index contributed by atoms with van der Waals surface area (Å²) in [6.45, 7) is 9.57. The molecule has 2 saturated heterocycles. The maximum absolute atomic E-state index is 13.3. The predicted octanol–water partition coefficient (Wildman–Crippen LogP) is 2.71. The van der Waals surface area contributed by atoms with E-state index in [2.05, 4.69) is 22.1 Å². The second-order valence-electron chi connectivity index (χ2n) is 9.05. The van der Waals surface area contributed by atoms with Crippen molar-refractivity contribution in [3.05, 3.63) is 52.8 Å². The first-order valence-corrected chi connectivity index (χ1v) is 11.9. The zero-order valence-electron chi connectivity index (χ0n) is 19.4. The summed E-state index contributed by atoms with van der Waals surface area (Å²) in [6.07, 6.45) is 4.69. The molecular formula is C25H35N5O2. The molecule has 0 saturated carbocycles. The number of carbonyl (C=O) groups is 2. The molecule has 7 nitrogen and oxygen atoms in total. The van der Waals surface area contributed by atoms with Gasteiger partial charge in [-0.25, -0.2) is 0 Å². The molecule has 0 bridgehead atoms. The summed E-state index contributed by atoms with van der Waals surface area (Å²) in [5.74, 6) is 0.290. The SMILES string of the molecule is Cc1nn(Cc2ccccc2)c(C)c1C(=O)N1CCN(CC(=O)N2CCCCCC2)CC1. The maximum atomic E-state index is 13.3. The highest BCUT2D eigenvalue weighted by atomic mass is 16.2. The highest BCUT2D eigenvalue weighted by Crippen LogP contribution is 2.19. The van der Waals surface area contributed by atoms with Crippen molar-refractivity contribution in [1.29, 1.82) is 0 Å². The number of rotatable bonds is 5. The molecule has 2 fully saturated rings. The van der Waals surface area contributed by atoms with E-state index in [1.807, 2.05) is 46.5 Å². The molecule has 0 aliphatic carbocycles. The number of carbonyl (C=O) groups excluding carboxylic acids is 2. The average molecular weight is 438 g/mol. The van der Waals surface area contributed by atoms with Gasteiger partial charge in [-0.3, -0.25) is 19.2 Å². The number of piperazine rings is 1. The number of hydrogen-bond donors (Lipinski definition) is 0. The van der Waals surface area contributed by atoms with Crippen molar-refractivity contribution < 1.29 is 9.59 Å². The summed E-state index contributed by atoms with van der Waals surface area (Å²) in [6, 6.07) is 10.2. The summed E-state index contributed by atoms with van der Waals surface area (Å²) < 4.78 is 1.92. The summed E-state index contributed by atoms with van der Waals surface area (Å²) in [5.41, 5.74) is 3.58. The van der Waals surface area contributed by atoms with Crippen LogP contribution in [-0.4, -0.2) is 82.1 Å². The van der Waals surface area contributed by atoms with Crippen LogP contribution in [0, 0.1) is 13.8 Å². The largest absolute Gasteiger partial charge is 0.342 e. The molecule has 2 aromatic rings. The van der Waals surface area contributed by atoms with Crippen molar-refractivity contribution in [2.75, 3.05) is 45.8 Å². The average Bonchev–Trinajstić information content (AvgIpc) is 2.98. The van der Waals surface area contributed by atoms with E-state index in [0.717, 1.165) is 56.0 Å². The third-order valence-corrected chi connectivity index (χ3v) is 6.75. The van der Waals surface area contributed by atoms with Crippen molar-refractivity contribution in [1.82, 2.24) is 24.5 Å². The Morgan fingerprint density at radius 1 is 0.844 bits per heavy atom. The lowest BCUT2D eigenvalue weighted by Crippen LogP contribution is -2.51. The Kier molecular flexibility index (Phi) is 7.25. The van der Waals surface area contributed by atoms with Crippen LogP contribution in [0.3, 0.4) is 0 Å². The number of amides is 2. The van der Waals surface area contributed by atoms with Gasteiger partial charge in [0.1, 0.15) is 0 Å². The van der Waals surface area contributed by atoms with Crippen molar-refractivity contribution >= 4 is 11.8 Å². The molecule has 7 heteroatoms. The first-order valence-electron chi connectivity index (χ1n) is 11.9. The lowest BCUT2D eigenvalue weighted by Gasteiger charge is -2.35. The normalized spacial score (nSPS) is 17.9. The van der Waals surface area contributed by atoms with Gasteiger partial charge in [-0.2, -0.15) is 5.10 Å². The van der Waals surface area contributed by atoms with Crippen molar-refractivity contribution in [3.63, 3.8) is 0 Å². The minimum absolute atomic E-state index is 0.0535. The quantitative estimate of drug-likeness (QED) is 0.722. The fraction of sp³-hybridized carbons (Fsp3) is 0.560. The fourth-order valence-electron chi connectivity index (χ4n) is 4.80. The Labute approximate surface area is 191 Å². The summed E-state index contributed by atoms with van der Waals surface area (Å²) in [7, 11) is 0. The van der Waals surface area contributed by atoms with Crippen molar-refractivity contribution in [3.8, 4) is 0 Å². The number of hydrogen-bond acceptors (Lipinski definition) is 4. The van der Waals surface area contributed by atoms with E-state index in [-0.39, 0.29) is 11.8 Å². The second-order valence-corrected chi connectivity index (χ2v) is 9.05. The number of likely N-dealkylation sites (tertiary alicyclic amines) is 1. The van der Waals surface area contributed by atoms with E-state index in [1.54, 1.807) is 0 Å². The van der Waals surface area contributed by atoms with E-state index >= 15 is 0 Å². The van der Waals surface area contributed by atoms with E-state index in [4.69, 9.17) is 0 Å². The Hall–Kier alpha value is -2.67. The first-order chi connectivity index (χ1) is 15.5. The molecule has 2 aliphatic heterocycles. The number of aromatic nitrogens is 2. The van der Waals surface area contributed by atoms with Gasteiger partial charge in [0.2, 0.25) is 5.91 Å². The van der Waals surface area contributed by atoms with Gasteiger partial charge < -0.3 is 9.80 Å². The van der Waals surface area contributed by atoms with Crippen LogP contribution in [0.4, 0.5) is 0 Å². The second kappa shape index (κ2) is 10.3. The number of aryl methyl sites for hydroxylation is 1. The van der Waals surface area contributed by atoms with Gasteiger partial charge in [-0.15, -0.1) is 0 Å². The van der Waals surface area contributed by atoms with Gasteiger partial charge in [-0.05, 0) is 32.3 Å². The van der Waals surface area contributed by atoms with E-state index < -0.39 is 0 Å². The predicted molar refractivity (Wildman–Crippen MR) is 125 cm³/mol. The molecule has 2 aliphatic rings. The van der Waals surface area contributed by atoms with Gasteiger partial charge in [0.15, 0.2) is 0 Å². The zero-order valence-corrected chi connectivity index (χ0v) is 19.4. The van der Waals surface area contributed by atoms with Crippen LogP contribution in [0.2, 0.25) is 0 Å². The molecule has 0 N–H and O–H groups in total. The van der Waals surface area contributed by atoms with Crippen LogP contribution in [0.5, 0.6) is 0 Å². The monoisotopic (exact) mass is 437 g/mol. The molecule has 0 atom stereocenters. The van der Waals surface area contributed by atoms with E-state index in [0.29, 0.717) is 26.2 Å². The van der Waals surface area contributed by atoms with Crippen LogP contribution in [0.25, 0.3) is 0 Å². The Balaban J connectivity index is 1.34. The maximum Gasteiger partial charge on any atom is 0.257 e. The Morgan fingerprint density at radius 2 is 1.50 bits per heavy atom. The minimum Gasteiger partial charge on any atom is -0.342 e. The van der Waals surface area contributed by atoms with Crippen LogP contribution in [-0.2, 0) is 11.3 Å². The van der Waals surface area contributed by atoms with Gasteiger partial charge in [0, 0.05) is 45.0 Å². The van der Waals surface area contributed by atoms with Crippen LogP contribution >= 0.6 is 0 Å². The summed E-state index contributed by atoms with van der Waals surface area (Å²) in [4.78, 5) is 32.1. The standard InChI is InChI=1S/C25H35N5O2/c1-20-24(21(2)30(26-20)18-22-10-6-5-7-11-22)25(32)29-16-14-27(15-17-29)19-23(31)28-12-8-3-4-9-13-28/h5-7,10-11H,3-4,8-9,12-19H2,1-2H3. The summed E-state index contributed by atoms with van der Waals surface area (Å²) in [5, 5.41) is 4.64. The molecule has 0 unspecified atom stereocenters. The van der Waals surface area contributed by atoms with E-state index in [1.165, 1.54) is 18.4 Å². The molecule has 0 spiro atoms. The molecule has 4 rings (SSSR count). The fourth-order valence-corrected chi connectivity index (χ4v) is 4.80. The molecule has 172 valence electrons. The van der Waals surface area contributed by atoms with Crippen molar-refractivity contribution in [2.24, 2.45) is 0 Å². The Bertz CT molecular complexity index is 923. The van der Waals surface area contributed by atoms with Gasteiger partial charge in [0.05, 0.1) is 24.3 Å². The topological polar surface area (TPSA) is 61.7 Å². The van der Waals surface area contributed by atoms with E-state index in [9.17, 15) is 9.59 Å². The number of benzene rings is 1. The third kappa shape index (κ3) is 5.21.